The fraction of sp³-hybridized carbons (Fsp3) is 0.273. The van der Waals surface area contributed by atoms with Crippen molar-refractivity contribution in [1.82, 2.24) is 0 Å². The maximum atomic E-state index is 12.9. The van der Waals surface area contributed by atoms with Crippen LogP contribution in [0.2, 0.25) is 5.02 Å². The molecule has 0 radical (unpaired) electrons. The van der Waals surface area contributed by atoms with Crippen LogP contribution in [0.3, 0.4) is 0 Å². The van der Waals surface area contributed by atoms with Crippen molar-refractivity contribution >= 4 is 23.9 Å². The second-order valence-electron chi connectivity index (χ2n) is 7.01. The largest absolute Gasteiger partial charge is 0.505 e. The lowest BCUT2D eigenvalue weighted by Gasteiger charge is -2.17. The number of phenolic OH excluding ortho intramolecular Hbond substituents is 1. The Balaban J connectivity index is 2.28. The van der Waals surface area contributed by atoms with Crippen molar-refractivity contribution in [2.45, 2.75) is 34.1 Å². The van der Waals surface area contributed by atoms with E-state index in [0.29, 0.717) is 24.0 Å². The van der Waals surface area contributed by atoms with E-state index < -0.39 is 11.7 Å². The lowest BCUT2D eigenvalue weighted by Crippen LogP contribution is -2.11. The maximum absolute atomic E-state index is 12.9. The third kappa shape index (κ3) is 3.44. The van der Waals surface area contributed by atoms with Gasteiger partial charge in [-0.25, -0.2) is 4.79 Å². The molecule has 1 heterocycles. The summed E-state index contributed by atoms with van der Waals surface area (Å²) in [6, 6.07) is 1.61. The smallest absolute Gasteiger partial charge is 0.347 e. The average molecular weight is 417 g/mol. The van der Waals surface area contributed by atoms with Gasteiger partial charge in [0.25, 0.3) is 0 Å². The van der Waals surface area contributed by atoms with Gasteiger partial charge < -0.3 is 19.3 Å². The fourth-order valence-electron chi connectivity index (χ4n) is 3.26. The van der Waals surface area contributed by atoms with E-state index in [9.17, 15) is 14.7 Å². The molecule has 0 bridgehead atoms. The first-order chi connectivity index (χ1) is 13.7. The number of benzene rings is 2. The van der Waals surface area contributed by atoms with Crippen LogP contribution in [0.1, 0.15) is 51.3 Å². The molecule has 0 spiro atoms. The number of carbonyl (C=O) groups is 2. The molecule has 0 aromatic heterocycles. The van der Waals surface area contributed by atoms with E-state index in [1.54, 1.807) is 19.9 Å². The van der Waals surface area contributed by atoms with Crippen LogP contribution >= 0.6 is 11.6 Å². The van der Waals surface area contributed by atoms with Gasteiger partial charge in [-0.05, 0) is 39.7 Å². The van der Waals surface area contributed by atoms with Crippen LogP contribution in [0.5, 0.6) is 28.7 Å². The van der Waals surface area contributed by atoms with E-state index >= 15 is 0 Å². The molecule has 2 aromatic carbocycles. The molecule has 7 heteroatoms. The van der Waals surface area contributed by atoms with Crippen LogP contribution in [0.15, 0.2) is 17.7 Å². The SMILES string of the molecule is COc1cc2c(c(C)c1CC=C(C)C)OC(=O)c1c(C)c(Cl)c(O)c(C=O)c1O2. The number of phenols is 1. The summed E-state index contributed by atoms with van der Waals surface area (Å²) in [5, 5.41) is 10.2. The zero-order valence-electron chi connectivity index (χ0n) is 16.8. The Hall–Kier alpha value is -2.99. The Bertz CT molecular complexity index is 1060. The second-order valence-corrected chi connectivity index (χ2v) is 7.39. The van der Waals surface area contributed by atoms with E-state index in [1.165, 1.54) is 7.11 Å². The van der Waals surface area contributed by atoms with E-state index in [-0.39, 0.29) is 39.0 Å². The number of hydrogen-bond donors (Lipinski definition) is 1. The molecule has 1 aliphatic rings. The zero-order valence-corrected chi connectivity index (χ0v) is 17.6. The van der Waals surface area contributed by atoms with Gasteiger partial charge >= 0.3 is 5.97 Å². The highest BCUT2D eigenvalue weighted by Crippen LogP contribution is 2.49. The molecule has 0 saturated carbocycles. The molecule has 152 valence electrons. The van der Waals surface area contributed by atoms with Gasteiger partial charge in [-0.2, -0.15) is 0 Å². The Morgan fingerprint density at radius 1 is 1.21 bits per heavy atom. The lowest BCUT2D eigenvalue weighted by atomic mass is 10.0. The van der Waals surface area contributed by atoms with E-state index in [0.717, 1.165) is 11.1 Å². The molecule has 0 atom stereocenters. The van der Waals surface area contributed by atoms with Crippen LogP contribution in [-0.2, 0) is 6.42 Å². The normalized spacial score (nSPS) is 12.1. The number of halogens is 1. The molecule has 0 amide bonds. The van der Waals surface area contributed by atoms with Crippen molar-refractivity contribution in [3.8, 4) is 28.7 Å². The summed E-state index contributed by atoms with van der Waals surface area (Å²) in [5.41, 5.74) is 2.71. The zero-order chi connectivity index (χ0) is 21.5. The van der Waals surface area contributed by atoms with Gasteiger partial charge in [0.15, 0.2) is 23.5 Å². The minimum Gasteiger partial charge on any atom is -0.505 e. The lowest BCUT2D eigenvalue weighted by molar-refractivity contribution is 0.0735. The third-order valence-corrected chi connectivity index (χ3v) is 5.34. The number of esters is 1. The Labute approximate surface area is 173 Å². The van der Waals surface area contributed by atoms with Crippen molar-refractivity contribution < 1.29 is 28.9 Å². The van der Waals surface area contributed by atoms with Crippen LogP contribution in [0.25, 0.3) is 0 Å². The minimum atomic E-state index is -0.720. The monoisotopic (exact) mass is 416 g/mol. The molecule has 6 nitrogen and oxygen atoms in total. The average Bonchev–Trinajstić information content (AvgIpc) is 2.82. The Kier molecular flexibility index (Phi) is 5.57. The number of aldehydes is 1. The highest BCUT2D eigenvalue weighted by molar-refractivity contribution is 6.34. The van der Waals surface area contributed by atoms with Gasteiger partial charge in [0.1, 0.15) is 22.6 Å². The molecular weight excluding hydrogens is 396 g/mol. The summed E-state index contributed by atoms with van der Waals surface area (Å²) >= 11 is 6.10. The first-order valence-electron chi connectivity index (χ1n) is 8.95. The summed E-state index contributed by atoms with van der Waals surface area (Å²) in [5.74, 6) is -0.268. The van der Waals surface area contributed by atoms with Crippen molar-refractivity contribution in [3.05, 3.63) is 50.6 Å². The molecule has 2 aromatic rings. The Morgan fingerprint density at radius 3 is 2.48 bits per heavy atom. The van der Waals surface area contributed by atoms with Crippen LogP contribution in [-0.4, -0.2) is 24.5 Å². The molecule has 3 rings (SSSR count). The Morgan fingerprint density at radius 2 is 1.90 bits per heavy atom. The van der Waals surface area contributed by atoms with Gasteiger partial charge in [0.05, 0.1) is 12.1 Å². The first-order valence-corrected chi connectivity index (χ1v) is 9.33. The number of carbonyl (C=O) groups excluding carboxylic acids is 2. The summed E-state index contributed by atoms with van der Waals surface area (Å²) in [4.78, 5) is 24.5. The fourth-order valence-corrected chi connectivity index (χ4v) is 3.45. The second kappa shape index (κ2) is 7.79. The van der Waals surface area contributed by atoms with Gasteiger partial charge in [-0.1, -0.05) is 23.3 Å². The summed E-state index contributed by atoms with van der Waals surface area (Å²) in [7, 11) is 1.54. The van der Waals surface area contributed by atoms with Crippen LogP contribution < -0.4 is 14.2 Å². The van der Waals surface area contributed by atoms with Crippen molar-refractivity contribution in [2.24, 2.45) is 0 Å². The van der Waals surface area contributed by atoms with Gasteiger partial charge in [-0.15, -0.1) is 0 Å². The number of aromatic hydroxyl groups is 1. The highest BCUT2D eigenvalue weighted by Gasteiger charge is 2.33. The predicted molar refractivity (Wildman–Crippen MR) is 109 cm³/mol. The van der Waals surface area contributed by atoms with Crippen LogP contribution in [0, 0.1) is 13.8 Å². The molecule has 0 unspecified atom stereocenters. The van der Waals surface area contributed by atoms with E-state index in [2.05, 4.69) is 0 Å². The minimum absolute atomic E-state index is 0.00434. The molecular formula is C22H21ClO6. The molecule has 1 aliphatic heterocycles. The molecule has 0 aliphatic carbocycles. The van der Waals surface area contributed by atoms with Gasteiger partial charge in [0.2, 0.25) is 0 Å². The molecule has 0 saturated heterocycles. The molecule has 0 fully saturated rings. The van der Waals surface area contributed by atoms with Gasteiger partial charge in [-0.3, -0.25) is 4.79 Å². The number of hydrogen-bond acceptors (Lipinski definition) is 6. The number of fused-ring (bicyclic) bond motifs is 2. The number of rotatable bonds is 4. The van der Waals surface area contributed by atoms with E-state index in [1.807, 2.05) is 19.9 Å². The molecule has 29 heavy (non-hydrogen) atoms. The van der Waals surface area contributed by atoms with Crippen molar-refractivity contribution in [1.29, 1.82) is 0 Å². The number of ether oxygens (including phenoxy) is 3. The van der Waals surface area contributed by atoms with E-state index in [4.69, 9.17) is 25.8 Å². The van der Waals surface area contributed by atoms with Crippen LogP contribution in [0.4, 0.5) is 0 Å². The number of methoxy groups -OCH3 is 1. The summed E-state index contributed by atoms with van der Waals surface area (Å²) in [6.07, 6.45) is 3.02. The third-order valence-electron chi connectivity index (χ3n) is 4.88. The number of allylic oxidation sites excluding steroid dienone is 2. The topological polar surface area (TPSA) is 82.1 Å². The quantitative estimate of drug-likeness (QED) is 0.314. The summed E-state index contributed by atoms with van der Waals surface area (Å²) in [6.45, 7) is 7.33. The predicted octanol–water partition coefficient (Wildman–Crippen LogP) is 5.32. The maximum Gasteiger partial charge on any atom is 0.347 e. The van der Waals surface area contributed by atoms with Gasteiger partial charge in [0, 0.05) is 17.2 Å². The van der Waals surface area contributed by atoms with Crippen molar-refractivity contribution in [3.63, 3.8) is 0 Å². The standard InChI is InChI=1S/C22H21ClO6/c1-10(2)6-7-13-11(3)20-16(8-15(13)27-5)28-21-14(9-24)19(25)18(23)12(4)17(21)22(26)29-20/h6,8-9,25H,7H2,1-5H3. The van der Waals surface area contributed by atoms with Crippen molar-refractivity contribution in [2.75, 3.05) is 7.11 Å². The highest BCUT2D eigenvalue weighted by atomic mass is 35.5. The summed E-state index contributed by atoms with van der Waals surface area (Å²) < 4.78 is 17.1. The first kappa shape index (κ1) is 20.7. The molecule has 1 N–H and O–H groups in total.